The molecule has 1 aromatic rings. The maximum Gasteiger partial charge on any atom is 0.324 e. The maximum absolute atomic E-state index is 12.2. The van der Waals surface area contributed by atoms with Crippen molar-refractivity contribution < 1.29 is 22.7 Å². The van der Waals surface area contributed by atoms with Crippen LogP contribution in [0.1, 0.15) is 26.7 Å². The molecule has 7 nitrogen and oxygen atoms in total. The van der Waals surface area contributed by atoms with Gasteiger partial charge in [-0.25, -0.2) is 8.42 Å². The van der Waals surface area contributed by atoms with Crippen molar-refractivity contribution in [3.8, 4) is 0 Å². The number of amides is 1. The Morgan fingerprint density at radius 2 is 1.79 bits per heavy atom. The van der Waals surface area contributed by atoms with Gasteiger partial charge in [-0.05, 0) is 51.0 Å². The second kappa shape index (κ2) is 7.50. The quantitative estimate of drug-likeness (QED) is 0.699. The van der Waals surface area contributed by atoms with E-state index < -0.39 is 34.0 Å². The third-order valence-corrected chi connectivity index (χ3v) is 5.20. The third-order valence-electron chi connectivity index (χ3n) is 3.40. The normalized spacial score (nSPS) is 17.0. The molecule has 24 heavy (non-hydrogen) atoms. The fourth-order valence-electron chi connectivity index (χ4n) is 1.84. The Hall–Kier alpha value is -1.64. The molecule has 1 aliphatic carbocycles. The van der Waals surface area contributed by atoms with Crippen molar-refractivity contribution in [1.29, 1.82) is 0 Å². The lowest BCUT2D eigenvalue weighted by molar-refractivity contribution is -0.156. The highest BCUT2D eigenvalue weighted by Gasteiger charge is 2.29. The third kappa shape index (κ3) is 5.19. The van der Waals surface area contributed by atoms with Crippen molar-refractivity contribution in [2.24, 2.45) is 0 Å². The van der Waals surface area contributed by atoms with Gasteiger partial charge in [0, 0.05) is 11.1 Å². The van der Waals surface area contributed by atoms with Crippen LogP contribution in [0.5, 0.6) is 0 Å². The van der Waals surface area contributed by atoms with Gasteiger partial charge in [-0.2, -0.15) is 4.72 Å². The number of carbonyl (C=O) groups excluding carboxylic acids is 2. The van der Waals surface area contributed by atoms with E-state index >= 15 is 0 Å². The predicted octanol–water partition coefficient (Wildman–Crippen LogP) is 1.22. The molecule has 1 fully saturated rings. The zero-order valence-electron chi connectivity index (χ0n) is 13.3. The van der Waals surface area contributed by atoms with Crippen LogP contribution >= 0.6 is 11.6 Å². The first-order chi connectivity index (χ1) is 11.2. The van der Waals surface area contributed by atoms with E-state index in [1.807, 2.05) is 0 Å². The van der Waals surface area contributed by atoms with Gasteiger partial charge in [-0.15, -0.1) is 0 Å². The minimum absolute atomic E-state index is 0.0222. The van der Waals surface area contributed by atoms with E-state index in [4.69, 9.17) is 16.3 Å². The fraction of sp³-hybridized carbons (Fsp3) is 0.467. The van der Waals surface area contributed by atoms with Crippen molar-refractivity contribution in [2.45, 2.75) is 49.8 Å². The Kier molecular flexibility index (Phi) is 5.84. The minimum atomic E-state index is -3.90. The number of hydrogen-bond acceptors (Lipinski definition) is 5. The Morgan fingerprint density at radius 3 is 2.33 bits per heavy atom. The van der Waals surface area contributed by atoms with Crippen molar-refractivity contribution in [2.75, 3.05) is 0 Å². The van der Waals surface area contributed by atoms with Gasteiger partial charge >= 0.3 is 5.97 Å². The Bertz CT molecular complexity index is 716. The standard InChI is InChI=1S/C15H19ClN2O5S/c1-9(15(20)23-10(2)14(19)17-12-5-6-12)18-24(21,22)13-7-3-11(16)4-8-13/h3-4,7-10,12,18H,5-6H2,1-2H3,(H,17,19)/t9-,10+/m0/s1. The largest absolute Gasteiger partial charge is 0.451 e. The van der Waals surface area contributed by atoms with Crippen LogP contribution in [0.3, 0.4) is 0 Å². The number of hydrogen-bond donors (Lipinski definition) is 2. The molecule has 0 saturated heterocycles. The van der Waals surface area contributed by atoms with Crippen molar-refractivity contribution in [3.05, 3.63) is 29.3 Å². The van der Waals surface area contributed by atoms with Gasteiger partial charge in [0.05, 0.1) is 4.90 Å². The van der Waals surface area contributed by atoms with E-state index in [1.165, 1.54) is 38.1 Å². The Balaban J connectivity index is 1.92. The molecule has 0 bridgehead atoms. The highest BCUT2D eigenvalue weighted by Crippen LogP contribution is 2.19. The van der Waals surface area contributed by atoms with Crippen LogP contribution in [0.15, 0.2) is 29.2 Å². The summed E-state index contributed by atoms with van der Waals surface area (Å²) in [6.07, 6.45) is 0.855. The van der Waals surface area contributed by atoms with Crippen LogP contribution in [0, 0.1) is 0 Å². The Labute approximate surface area is 145 Å². The van der Waals surface area contributed by atoms with E-state index in [9.17, 15) is 18.0 Å². The average Bonchev–Trinajstić information content (AvgIpc) is 3.31. The molecule has 1 aliphatic rings. The molecule has 0 aliphatic heterocycles. The summed E-state index contributed by atoms with van der Waals surface area (Å²) in [5.74, 6) is -1.22. The van der Waals surface area contributed by atoms with Crippen LogP contribution < -0.4 is 10.0 Å². The van der Waals surface area contributed by atoms with E-state index in [2.05, 4.69) is 10.0 Å². The van der Waals surface area contributed by atoms with E-state index in [0.29, 0.717) is 5.02 Å². The molecule has 0 unspecified atom stereocenters. The zero-order chi connectivity index (χ0) is 17.9. The molecule has 1 saturated carbocycles. The second-order valence-electron chi connectivity index (χ2n) is 5.66. The number of benzene rings is 1. The first-order valence-corrected chi connectivity index (χ1v) is 9.34. The van der Waals surface area contributed by atoms with Crippen LogP contribution in [-0.4, -0.2) is 38.5 Å². The molecule has 132 valence electrons. The highest BCUT2D eigenvalue weighted by molar-refractivity contribution is 7.89. The van der Waals surface area contributed by atoms with E-state index in [0.717, 1.165) is 12.8 Å². The van der Waals surface area contributed by atoms with Gasteiger partial charge in [0.1, 0.15) is 6.04 Å². The zero-order valence-corrected chi connectivity index (χ0v) is 14.9. The molecule has 0 aromatic heterocycles. The minimum Gasteiger partial charge on any atom is -0.451 e. The molecule has 1 aromatic carbocycles. The van der Waals surface area contributed by atoms with Crippen LogP contribution in [0.2, 0.25) is 5.02 Å². The molecule has 1 amide bonds. The molecule has 0 spiro atoms. The molecular formula is C15H19ClN2O5S. The van der Waals surface area contributed by atoms with Crippen molar-refractivity contribution in [1.82, 2.24) is 10.0 Å². The summed E-state index contributed by atoms with van der Waals surface area (Å²) >= 11 is 5.72. The van der Waals surface area contributed by atoms with Crippen molar-refractivity contribution >= 4 is 33.5 Å². The number of ether oxygens (including phenoxy) is 1. The summed E-state index contributed by atoms with van der Waals surface area (Å²) < 4.78 is 31.6. The second-order valence-corrected chi connectivity index (χ2v) is 7.81. The molecule has 0 radical (unpaired) electrons. The van der Waals surface area contributed by atoms with Gasteiger partial charge in [0.15, 0.2) is 6.10 Å². The number of halogens is 1. The number of nitrogens with one attached hydrogen (secondary N) is 2. The summed E-state index contributed by atoms with van der Waals surface area (Å²) in [7, 11) is -3.90. The molecule has 2 N–H and O–H groups in total. The monoisotopic (exact) mass is 374 g/mol. The lowest BCUT2D eigenvalue weighted by Crippen LogP contribution is -2.43. The van der Waals surface area contributed by atoms with Crippen LogP contribution in [0.4, 0.5) is 0 Å². The summed E-state index contributed by atoms with van der Waals surface area (Å²) in [5, 5.41) is 3.11. The lowest BCUT2D eigenvalue weighted by atomic mass is 10.3. The van der Waals surface area contributed by atoms with Gasteiger partial charge in [0.2, 0.25) is 10.0 Å². The van der Waals surface area contributed by atoms with E-state index in [1.54, 1.807) is 0 Å². The highest BCUT2D eigenvalue weighted by atomic mass is 35.5. The Morgan fingerprint density at radius 1 is 1.21 bits per heavy atom. The molecule has 2 rings (SSSR count). The number of carbonyl (C=O) groups is 2. The SMILES string of the molecule is C[C@H](NS(=O)(=O)c1ccc(Cl)cc1)C(=O)O[C@H](C)C(=O)NC1CC1. The van der Waals surface area contributed by atoms with Gasteiger partial charge < -0.3 is 10.1 Å². The molecular weight excluding hydrogens is 356 g/mol. The van der Waals surface area contributed by atoms with Crippen LogP contribution in [0.25, 0.3) is 0 Å². The summed E-state index contributed by atoms with van der Waals surface area (Å²) in [4.78, 5) is 23.7. The number of sulfonamides is 1. The topological polar surface area (TPSA) is 102 Å². The smallest absolute Gasteiger partial charge is 0.324 e. The molecule has 2 atom stereocenters. The number of rotatable bonds is 7. The predicted molar refractivity (Wildman–Crippen MR) is 88.0 cm³/mol. The van der Waals surface area contributed by atoms with E-state index in [-0.39, 0.29) is 10.9 Å². The lowest BCUT2D eigenvalue weighted by Gasteiger charge is -2.17. The van der Waals surface area contributed by atoms with Gasteiger partial charge in [-0.3, -0.25) is 9.59 Å². The first-order valence-electron chi connectivity index (χ1n) is 7.48. The average molecular weight is 375 g/mol. The van der Waals surface area contributed by atoms with Gasteiger partial charge in [0.25, 0.3) is 5.91 Å². The first kappa shape index (κ1) is 18.7. The summed E-state index contributed by atoms with van der Waals surface area (Å²) in [6, 6.07) is 4.54. The molecule has 0 heterocycles. The van der Waals surface area contributed by atoms with Crippen molar-refractivity contribution in [3.63, 3.8) is 0 Å². The fourth-order valence-corrected chi connectivity index (χ4v) is 3.16. The number of esters is 1. The molecule has 9 heteroatoms. The maximum atomic E-state index is 12.2. The summed E-state index contributed by atoms with van der Waals surface area (Å²) in [5.41, 5.74) is 0. The van der Waals surface area contributed by atoms with Crippen LogP contribution in [-0.2, 0) is 24.3 Å². The summed E-state index contributed by atoms with van der Waals surface area (Å²) in [6.45, 7) is 2.79. The van der Waals surface area contributed by atoms with Gasteiger partial charge in [-0.1, -0.05) is 11.6 Å².